The number of para-hydroxylation sites is 1. The Morgan fingerprint density at radius 3 is 2.42 bits per heavy atom. The summed E-state index contributed by atoms with van der Waals surface area (Å²) in [5.41, 5.74) is -0.147. The number of Topliss-reactive ketones (excluding diaryl/α,β-unsaturated/α-hetero) is 1. The largest absolute Gasteiger partial charge is 0.503 e. The standard InChI is InChI=1S/C24H29NO6/c1-6-19(23(15(2)3)30-17-10-8-7-9-11-17)31-24(28)16(4)14-18(26)21-22(27)20(29-5)12-13-25-21/h6-13,15-16,19,23,27H,1,14H2,2-5H3/t16-,19+,23-/m1/s1. The summed E-state index contributed by atoms with van der Waals surface area (Å²) in [7, 11) is 1.38. The van der Waals surface area contributed by atoms with Crippen molar-refractivity contribution < 1.29 is 28.9 Å². The number of ketones is 1. The van der Waals surface area contributed by atoms with E-state index in [-0.39, 0.29) is 29.5 Å². The summed E-state index contributed by atoms with van der Waals surface area (Å²) < 4.78 is 16.7. The molecule has 0 amide bonds. The van der Waals surface area contributed by atoms with Gasteiger partial charge in [0.05, 0.1) is 13.0 Å². The van der Waals surface area contributed by atoms with Crippen LogP contribution in [0.15, 0.2) is 55.3 Å². The van der Waals surface area contributed by atoms with Gasteiger partial charge < -0.3 is 19.3 Å². The summed E-state index contributed by atoms with van der Waals surface area (Å²) in [6.07, 6.45) is 1.55. The zero-order chi connectivity index (χ0) is 23.0. The molecule has 31 heavy (non-hydrogen) atoms. The third-order valence-electron chi connectivity index (χ3n) is 4.75. The molecule has 166 valence electrons. The predicted molar refractivity (Wildman–Crippen MR) is 116 cm³/mol. The first-order chi connectivity index (χ1) is 14.8. The van der Waals surface area contributed by atoms with E-state index < -0.39 is 29.9 Å². The van der Waals surface area contributed by atoms with Gasteiger partial charge >= 0.3 is 5.97 Å². The van der Waals surface area contributed by atoms with Crippen LogP contribution in [0.4, 0.5) is 0 Å². The first-order valence-electron chi connectivity index (χ1n) is 10.1. The van der Waals surface area contributed by atoms with Crippen molar-refractivity contribution in [3.63, 3.8) is 0 Å². The van der Waals surface area contributed by atoms with E-state index in [4.69, 9.17) is 14.2 Å². The molecule has 1 heterocycles. The van der Waals surface area contributed by atoms with E-state index in [9.17, 15) is 14.7 Å². The maximum atomic E-state index is 12.7. The fraction of sp³-hybridized carbons (Fsp3) is 0.375. The van der Waals surface area contributed by atoms with Crippen LogP contribution < -0.4 is 9.47 Å². The number of methoxy groups -OCH3 is 1. The maximum Gasteiger partial charge on any atom is 0.309 e. The van der Waals surface area contributed by atoms with Crippen LogP contribution in [0.1, 0.15) is 37.7 Å². The highest BCUT2D eigenvalue weighted by molar-refractivity contribution is 5.99. The van der Waals surface area contributed by atoms with Crippen LogP contribution in [0.3, 0.4) is 0 Å². The van der Waals surface area contributed by atoms with Crippen molar-refractivity contribution in [3.05, 3.63) is 60.9 Å². The van der Waals surface area contributed by atoms with Gasteiger partial charge in [0.15, 0.2) is 29.1 Å². The topological polar surface area (TPSA) is 95.0 Å². The molecular formula is C24H29NO6. The number of hydrogen-bond donors (Lipinski definition) is 1. The molecule has 0 fully saturated rings. The summed E-state index contributed by atoms with van der Waals surface area (Å²) >= 11 is 0. The predicted octanol–water partition coefficient (Wildman–Crippen LogP) is 4.21. The third-order valence-corrected chi connectivity index (χ3v) is 4.75. The maximum absolute atomic E-state index is 12.7. The lowest BCUT2D eigenvalue weighted by atomic mass is 10.00. The van der Waals surface area contributed by atoms with Crippen molar-refractivity contribution in [1.82, 2.24) is 4.98 Å². The lowest BCUT2D eigenvalue weighted by Crippen LogP contribution is -2.39. The van der Waals surface area contributed by atoms with Crippen molar-refractivity contribution in [2.45, 2.75) is 39.4 Å². The van der Waals surface area contributed by atoms with Crippen LogP contribution in [0.5, 0.6) is 17.2 Å². The Morgan fingerprint density at radius 1 is 1.16 bits per heavy atom. The van der Waals surface area contributed by atoms with Crippen LogP contribution >= 0.6 is 0 Å². The van der Waals surface area contributed by atoms with Crippen molar-refractivity contribution in [3.8, 4) is 17.2 Å². The highest BCUT2D eigenvalue weighted by atomic mass is 16.6. The van der Waals surface area contributed by atoms with E-state index in [1.165, 1.54) is 25.4 Å². The fourth-order valence-electron chi connectivity index (χ4n) is 3.00. The van der Waals surface area contributed by atoms with Crippen molar-refractivity contribution in [2.75, 3.05) is 7.11 Å². The molecule has 0 radical (unpaired) electrons. The molecule has 7 nitrogen and oxygen atoms in total. The van der Waals surface area contributed by atoms with E-state index in [2.05, 4.69) is 11.6 Å². The Bertz CT molecular complexity index is 896. The number of carbonyl (C=O) groups is 2. The smallest absolute Gasteiger partial charge is 0.309 e. The second kappa shape index (κ2) is 11.2. The Balaban J connectivity index is 2.06. The molecule has 1 N–H and O–H groups in total. The first-order valence-corrected chi connectivity index (χ1v) is 10.1. The van der Waals surface area contributed by atoms with Gasteiger partial charge in [-0.1, -0.05) is 45.5 Å². The monoisotopic (exact) mass is 427 g/mol. The van der Waals surface area contributed by atoms with Crippen molar-refractivity contribution >= 4 is 11.8 Å². The second-order valence-corrected chi connectivity index (χ2v) is 7.52. The zero-order valence-electron chi connectivity index (χ0n) is 18.3. The molecule has 2 aromatic rings. The Morgan fingerprint density at radius 2 is 1.84 bits per heavy atom. The lowest BCUT2D eigenvalue weighted by molar-refractivity contribution is -0.156. The first kappa shape index (κ1) is 23.9. The summed E-state index contributed by atoms with van der Waals surface area (Å²) in [6.45, 7) is 9.28. The quantitative estimate of drug-likeness (QED) is 0.326. The average molecular weight is 427 g/mol. The Kier molecular flexibility index (Phi) is 8.61. The summed E-state index contributed by atoms with van der Waals surface area (Å²) in [6, 6.07) is 10.7. The molecule has 2 rings (SSSR count). The number of aromatic hydroxyl groups is 1. The highest BCUT2D eigenvalue weighted by Crippen LogP contribution is 2.29. The van der Waals surface area contributed by atoms with Gasteiger partial charge in [-0.3, -0.25) is 9.59 Å². The normalized spacial score (nSPS) is 13.7. The minimum absolute atomic E-state index is 0.0332. The summed E-state index contributed by atoms with van der Waals surface area (Å²) in [4.78, 5) is 29.1. The van der Waals surface area contributed by atoms with Gasteiger partial charge in [0.1, 0.15) is 11.9 Å². The molecule has 7 heteroatoms. The molecule has 0 aliphatic rings. The number of carbonyl (C=O) groups excluding carboxylic acids is 2. The minimum Gasteiger partial charge on any atom is -0.503 e. The van der Waals surface area contributed by atoms with Gasteiger partial charge in [0.25, 0.3) is 0 Å². The molecule has 1 aromatic heterocycles. The average Bonchev–Trinajstić information content (AvgIpc) is 2.76. The number of aromatic nitrogens is 1. The lowest BCUT2D eigenvalue weighted by Gasteiger charge is -2.29. The van der Waals surface area contributed by atoms with Crippen molar-refractivity contribution in [1.29, 1.82) is 0 Å². The molecule has 0 saturated heterocycles. The second-order valence-electron chi connectivity index (χ2n) is 7.52. The van der Waals surface area contributed by atoms with Crippen LogP contribution in [0, 0.1) is 11.8 Å². The van der Waals surface area contributed by atoms with E-state index in [1.807, 2.05) is 44.2 Å². The minimum atomic E-state index is -0.758. The van der Waals surface area contributed by atoms with Crippen molar-refractivity contribution in [2.24, 2.45) is 11.8 Å². The molecule has 0 saturated carbocycles. The molecular weight excluding hydrogens is 398 g/mol. The van der Waals surface area contributed by atoms with Gasteiger partial charge in [-0.25, -0.2) is 4.98 Å². The Hall–Kier alpha value is -3.35. The number of pyridine rings is 1. The number of rotatable bonds is 11. The van der Waals surface area contributed by atoms with Gasteiger partial charge in [-0.05, 0) is 24.1 Å². The number of hydrogen-bond acceptors (Lipinski definition) is 7. The SMILES string of the molecule is C=C[C@H](OC(=O)[C@H](C)CC(=O)c1nccc(OC)c1O)[C@H](Oc1ccccc1)C(C)C. The molecule has 0 bridgehead atoms. The van der Waals surface area contributed by atoms with Crippen LogP contribution in [0.25, 0.3) is 0 Å². The molecule has 0 aliphatic carbocycles. The van der Waals surface area contributed by atoms with Gasteiger partial charge in [0.2, 0.25) is 0 Å². The number of benzene rings is 1. The highest BCUT2D eigenvalue weighted by Gasteiger charge is 2.30. The van der Waals surface area contributed by atoms with Gasteiger partial charge in [0, 0.05) is 18.7 Å². The number of esters is 1. The summed E-state index contributed by atoms with van der Waals surface area (Å²) in [5.74, 6) is -1.33. The fourth-order valence-corrected chi connectivity index (χ4v) is 3.00. The molecule has 1 aromatic carbocycles. The van der Waals surface area contributed by atoms with Crippen LogP contribution in [-0.2, 0) is 9.53 Å². The third kappa shape index (κ3) is 6.31. The van der Waals surface area contributed by atoms with Gasteiger partial charge in [-0.15, -0.1) is 0 Å². The van der Waals surface area contributed by atoms with Crippen LogP contribution in [-0.4, -0.2) is 41.2 Å². The molecule has 0 unspecified atom stereocenters. The molecule has 0 spiro atoms. The van der Waals surface area contributed by atoms with Gasteiger partial charge in [-0.2, -0.15) is 0 Å². The van der Waals surface area contributed by atoms with Crippen LogP contribution in [0.2, 0.25) is 0 Å². The van der Waals surface area contributed by atoms with E-state index in [0.717, 1.165) is 0 Å². The Labute approximate surface area is 182 Å². The number of ether oxygens (including phenoxy) is 3. The van der Waals surface area contributed by atoms with E-state index in [1.54, 1.807) is 6.92 Å². The zero-order valence-corrected chi connectivity index (χ0v) is 18.3. The molecule has 0 aliphatic heterocycles. The van der Waals surface area contributed by atoms with E-state index in [0.29, 0.717) is 5.75 Å². The number of nitrogens with zero attached hydrogens (tertiary/aromatic N) is 1. The molecule has 3 atom stereocenters. The summed E-state index contributed by atoms with van der Waals surface area (Å²) in [5, 5.41) is 10.1. The van der Waals surface area contributed by atoms with E-state index >= 15 is 0 Å².